The molecule has 7 nitrogen and oxygen atoms in total. The highest BCUT2D eigenvalue weighted by molar-refractivity contribution is 6.12. The molecule has 8 heteroatoms. The molecule has 170 valence electrons. The van der Waals surface area contributed by atoms with Crippen LogP contribution in [0.4, 0.5) is 4.39 Å². The molecule has 1 atom stereocenters. The lowest BCUT2D eigenvalue weighted by atomic mass is 10.0. The van der Waals surface area contributed by atoms with Crippen molar-refractivity contribution < 1.29 is 23.5 Å². The highest BCUT2D eigenvalue weighted by atomic mass is 19.1. The average molecular weight is 457 g/mol. The molecule has 0 radical (unpaired) electrons. The van der Waals surface area contributed by atoms with Gasteiger partial charge in [0, 0.05) is 17.3 Å². The molecule has 1 N–H and O–H groups in total. The number of amides is 1. The van der Waals surface area contributed by atoms with Crippen LogP contribution in [-0.4, -0.2) is 35.0 Å². The number of aromatic nitrogens is 1. The summed E-state index contributed by atoms with van der Waals surface area (Å²) >= 11 is 0. The Kier molecular flexibility index (Phi) is 5.55. The molecule has 4 aromatic rings. The van der Waals surface area contributed by atoms with Gasteiger partial charge in [-0.25, -0.2) is 9.82 Å². The van der Waals surface area contributed by atoms with Gasteiger partial charge in [0.25, 0.3) is 5.91 Å². The Hall–Kier alpha value is -4.46. The number of ketones is 1. The lowest BCUT2D eigenvalue weighted by molar-refractivity contribution is -0.130. The highest BCUT2D eigenvalue weighted by Crippen LogP contribution is 2.31. The van der Waals surface area contributed by atoms with E-state index in [-0.39, 0.29) is 12.4 Å². The number of benzene rings is 2. The van der Waals surface area contributed by atoms with Crippen LogP contribution in [0.5, 0.6) is 11.5 Å². The van der Waals surface area contributed by atoms with Gasteiger partial charge in [0.15, 0.2) is 11.5 Å². The Morgan fingerprint density at radius 1 is 1.06 bits per heavy atom. The molecular weight excluding hydrogens is 437 g/mol. The van der Waals surface area contributed by atoms with Crippen molar-refractivity contribution in [3.63, 3.8) is 0 Å². The van der Waals surface area contributed by atoms with Crippen molar-refractivity contribution in [2.45, 2.75) is 13.0 Å². The van der Waals surface area contributed by atoms with Crippen LogP contribution in [0.2, 0.25) is 0 Å². The number of halogens is 1. The van der Waals surface area contributed by atoms with Crippen LogP contribution >= 0.6 is 0 Å². The second-order valence-corrected chi connectivity index (χ2v) is 7.78. The summed E-state index contributed by atoms with van der Waals surface area (Å²) in [5.41, 5.74) is 5.41. The fraction of sp³-hybridized carbons (Fsp3) is 0.115. The molecule has 1 aliphatic rings. The largest absolute Gasteiger partial charge is 0.485 e. The van der Waals surface area contributed by atoms with Gasteiger partial charge < -0.3 is 13.9 Å². The maximum Gasteiger partial charge on any atom is 0.284 e. The number of nitrogens with one attached hydrogen (secondary N) is 1. The van der Waals surface area contributed by atoms with E-state index in [1.807, 2.05) is 31.2 Å². The quantitative estimate of drug-likeness (QED) is 0.280. The number of nitrogens with zero attached hydrogens (tertiary/aromatic N) is 2. The number of ether oxygens (including phenoxy) is 2. The lowest BCUT2D eigenvalue weighted by Gasteiger charge is -2.24. The van der Waals surface area contributed by atoms with Gasteiger partial charge in [-0.2, -0.15) is 5.10 Å². The standard InChI is InChI=1S/C26H20FN3O4/c1-16-19(14-28-29-26(32)23-15-33-21-7-2-3-8-22(21)34-23)20-6-4-5-13-30(20)24(16)25(31)17-9-11-18(27)12-10-17/h2-14,23H,15H2,1H3,(H,29,32)/b28-14+. The van der Waals surface area contributed by atoms with Crippen LogP contribution in [0.1, 0.15) is 27.2 Å². The van der Waals surface area contributed by atoms with Crippen molar-refractivity contribution in [1.29, 1.82) is 0 Å². The first-order chi connectivity index (χ1) is 16.5. The van der Waals surface area contributed by atoms with E-state index in [4.69, 9.17) is 9.47 Å². The zero-order valence-corrected chi connectivity index (χ0v) is 18.2. The number of fused-ring (bicyclic) bond motifs is 2. The Bertz CT molecular complexity index is 1430. The molecule has 2 aromatic heterocycles. The summed E-state index contributed by atoms with van der Waals surface area (Å²) in [6, 6.07) is 18.1. The first-order valence-electron chi connectivity index (χ1n) is 10.6. The molecule has 0 aliphatic carbocycles. The fourth-order valence-corrected chi connectivity index (χ4v) is 3.92. The molecule has 0 spiro atoms. The van der Waals surface area contributed by atoms with Crippen molar-refractivity contribution in [2.24, 2.45) is 5.10 Å². The number of hydrazone groups is 1. The van der Waals surface area contributed by atoms with Gasteiger partial charge in [-0.05, 0) is 61.0 Å². The molecule has 1 aliphatic heterocycles. The van der Waals surface area contributed by atoms with Crippen molar-refractivity contribution in [2.75, 3.05) is 6.61 Å². The number of pyridine rings is 1. The molecule has 2 aromatic carbocycles. The molecule has 0 fully saturated rings. The predicted molar refractivity (Wildman–Crippen MR) is 124 cm³/mol. The van der Waals surface area contributed by atoms with Gasteiger partial charge in [0.05, 0.1) is 17.4 Å². The van der Waals surface area contributed by atoms with Crippen molar-refractivity contribution in [3.8, 4) is 11.5 Å². The van der Waals surface area contributed by atoms with Crippen LogP contribution in [0.3, 0.4) is 0 Å². The van der Waals surface area contributed by atoms with E-state index < -0.39 is 17.8 Å². The summed E-state index contributed by atoms with van der Waals surface area (Å²) in [5.74, 6) is -0.0172. The SMILES string of the molecule is Cc1c(/C=N/NC(=O)C2COc3ccccc3O2)c2ccccn2c1C(=O)c1ccc(F)cc1. The number of hydrogen-bond donors (Lipinski definition) is 1. The maximum atomic E-state index is 13.3. The number of hydrogen-bond acceptors (Lipinski definition) is 5. The van der Waals surface area contributed by atoms with Crippen LogP contribution in [0.15, 0.2) is 78.0 Å². The third-order valence-electron chi connectivity index (χ3n) is 5.63. The highest BCUT2D eigenvalue weighted by Gasteiger charge is 2.27. The molecule has 0 bridgehead atoms. The second kappa shape index (κ2) is 8.82. The molecule has 5 rings (SSSR count). The van der Waals surface area contributed by atoms with Gasteiger partial charge in [-0.3, -0.25) is 9.59 Å². The molecule has 0 saturated carbocycles. The summed E-state index contributed by atoms with van der Waals surface area (Å²) in [4.78, 5) is 25.8. The van der Waals surface area contributed by atoms with E-state index in [2.05, 4.69) is 10.5 Å². The molecule has 1 unspecified atom stereocenters. The second-order valence-electron chi connectivity index (χ2n) is 7.78. The van der Waals surface area contributed by atoms with Crippen LogP contribution in [-0.2, 0) is 4.79 Å². The monoisotopic (exact) mass is 457 g/mol. The summed E-state index contributed by atoms with van der Waals surface area (Å²) in [6.45, 7) is 1.88. The van der Waals surface area contributed by atoms with Crippen LogP contribution < -0.4 is 14.9 Å². The first-order valence-corrected chi connectivity index (χ1v) is 10.6. The molecule has 3 heterocycles. The lowest BCUT2D eigenvalue weighted by Crippen LogP contribution is -2.42. The van der Waals surface area contributed by atoms with Gasteiger partial charge in [0.2, 0.25) is 11.9 Å². The minimum Gasteiger partial charge on any atom is -0.485 e. The fourth-order valence-electron chi connectivity index (χ4n) is 3.92. The first kappa shape index (κ1) is 21.4. The van der Waals surface area contributed by atoms with E-state index in [9.17, 15) is 14.0 Å². The predicted octanol–water partition coefficient (Wildman–Crippen LogP) is 3.91. The van der Waals surface area contributed by atoms with Crippen molar-refractivity contribution in [3.05, 3.63) is 101 Å². The van der Waals surface area contributed by atoms with Crippen molar-refractivity contribution in [1.82, 2.24) is 9.83 Å². The third kappa shape index (κ3) is 3.90. The Morgan fingerprint density at radius 3 is 2.59 bits per heavy atom. The van der Waals surface area contributed by atoms with Gasteiger partial charge in [-0.1, -0.05) is 18.2 Å². The Labute approximate surface area is 194 Å². The summed E-state index contributed by atoms with van der Waals surface area (Å²) in [7, 11) is 0. The number of rotatable bonds is 5. The summed E-state index contributed by atoms with van der Waals surface area (Å²) < 4.78 is 26.4. The average Bonchev–Trinajstić information content (AvgIpc) is 3.15. The summed E-state index contributed by atoms with van der Waals surface area (Å²) in [6.07, 6.45) is 2.44. The van der Waals surface area contributed by atoms with Gasteiger partial charge in [-0.15, -0.1) is 0 Å². The number of carbonyl (C=O) groups is 2. The van der Waals surface area contributed by atoms with E-state index in [1.165, 1.54) is 30.5 Å². The Morgan fingerprint density at radius 2 is 1.79 bits per heavy atom. The van der Waals surface area contributed by atoms with Gasteiger partial charge in [0.1, 0.15) is 12.4 Å². The van der Waals surface area contributed by atoms with Crippen LogP contribution in [0.25, 0.3) is 5.52 Å². The molecule has 1 amide bonds. The number of para-hydroxylation sites is 2. The minimum atomic E-state index is -0.838. The van der Waals surface area contributed by atoms with E-state index in [0.717, 1.165) is 5.52 Å². The van der Waals surface area contributed by atoms with Crippen LogP contribution in [0, 0.1) is 12.7 Å². The summed E-state index contributed by atoms with van der Waals surface area (Å²) in [5, 5.41) is 4.11. The molecule has 34 heavy (non-hydrogen) atoms. The molecular formula is C26H20FN3O4. The zero-order chi connectivity index (χ0) is 23.7. The number of carbonyl (C=O) groups excluding carboxylic acids is 2. The normalized spacial score (nSPS) is 14.9. The smallest absolute Gasteiger partial charge is 0.284 e. The van der Waals surface area contributed by atoms with Gasteiger partial charge >= 0.3 is 0 Å². The molecule has 0 saturated heterocycles. The third-order valence-corrected chi connectivity index (χ3v) is 5.63. The minimum absolute atomic E-state index is 0.0723. The zero-order valence-electron chi connectivity index (χ0n) is 18.2. The Balaban J connectivity index is 1.39. The van der Waals surface area contributed by atoms with E-state index in [0.29, 0.717) is 33.9 Å². The topological polar surface area (TPSA) is 81.4 Å². The van der Waals surface area contributed by atoms with E-state index in [1.54, 1.807) is 28.8 Å². The van der Waals surface area contributed by atoms with E-state index >= 15 is 0 Å². The maximum absolute atomic E-state index is 13.3. The van der Waals surface area contributed by atoms with Crippen molar-refractivity contribution >= 4 is 23.4 Å².